The van der Waals surface area contributed by atoms with Gasteiger partial charge in [0, 0.05) is 38.4 Å². The second-order valence-electron chi connectivity index (χ2n) is 8.39. The molecule has 0 bridgehead atoms. The van der Waals surface area contributed by atoms with Gasteiger partial charge in [-0.2, -0.15) is 0 Å². The molecule has 1 fully saturated rings. The average molecular weight is 486 g/mol. The van der Waals surface area contributed by atoms with Gasteiger partial charge in [-0.3, -0.25) is 19.4 Å². The number of halogens is 1. The Hall–Kier alpha value is -2.18. The molecule has 6 heteroatoms. The van der Waals surface area contributed by atoms with Gasteiger partial charge >= 0.3 is 0 Å². The summed E-state index contributed by atoms with van der Waals surface area (Å²) in [5.74, 6) is -0.274. The Kier molecular flexibility index (Phi) is 8.27. The minimum Gasteiger partial charge on any atom is -0.369 e. The molecule has 4 rings (SSSR count). The summed E-state index contributed by atoms with van der Waals surface area (Å²) in [5.41, 5.74) is 3.75. The monoisotopic (exact) mass is 485 g/mol. The van der Waals surface area contributed by atoms with Gasteiger partial charge in [-0.05, 0) is 56.1 Å². The summed E-state index contributed by atoms with van der Waals surface area (Å²) in [6.45, 7) is 8.21. The quantitative estimate of drug-likeness (QED) is 0.406. The highest BCUT2D eigenvalue weighted by molar-refractivity contribution is 8.93. The fraction of sp³-hybridized carbons (Fsp3) is 0.440. The molecule has 31 heavy (non-hydrogen) atoms. The van der Waals surface area contributed by atoms with E-state index < -0.39 is 0 Å². The summed E-state index contributed by atoms with van der Waals surface area (Å²) >= 11 is 0. The van der Waals surface area contributed by atoms with Gasteiger partial charge in [0.15, 0.2) is 0 Å². The van der Waals surface area contributed by atoms with Crippen molar-refractivity contribution in [3.05, 3.63) is 65.2 Å². The Balaban J connectivity index is 0.00000272. The van der Waals surface area contributed by atoms with E-state index in [1.54, 1.807) is 12.1 Å². The molecule has 0 aliphatic carbocycles. The van der Waals surface area contributed by atoms with Crippen molar-refractivity contribution in [2.75, 3.05) is 44.2 Å². The number of hydrogen-bond acceptors (Lipinski definition) is 4. The molecule has 166 valence electrons. The number of nitrogens with zero attached hydrogens (tertiary/aromatic N) is 3. The molecule has 1 saturated heterocycles. The van der Waals surface area contributed by atoms with E-state index in [2.05, 4.69) is 41.0 Å². The lowest BCUT2D eigenvalue weighted by molar-refractivity contribution is 0.0651. The van der Waals surface area contributed by atoms with Crippen LogP contribution in [-0.4, -0.2) is 60.9 Å². The van der Waals surface area contributed by atoms with E-state index in [-0.39, 0.29) is 28.8 Å². The molecule has 0 radical (unpaired) electrons. The molecule has 2 aliphatic rings. The molecule has 2 heterocycles. The number of imide groups is 1. The number of piperazine rings is 1. The van der Waals surface area contributed by atoms with Crippen LogP contribution in [0, 0.1) is 6.92 Å². The molecule has 2 amide bonds. The van der Waals surface area contributed by atoms with Gasteiger partial charge in [0.2, 0.25) is 0 Å². The standard InChI is InChI=1S/C25H31N3O2.BrH/c1-20-9-8-10-21(19-20)27-17-15-26(16-18-27)13-6-2-3-7-14-28-24(29)22-11-4-5-12-23(22)25(28)30;/h4-5,8-12,19H,2-3,6-7,13-18H2,1H3;1H. The van der Waals surface area contributed by atoms with Gasteiger partial charge < -0.3 is 4.90 Å². The van der Waals surface area contributed by atoms with E-state index >= 15 is 0 Å². The third-order valence-electron chi connectivity index (χ3n) is 6.22. The van der Waals surface area contributed by atoms with Crippen LogP contribution < -0.4 is 4.90 Å². The van der Waals surface area contributed by atoms with Crippen LogP contribution in [0.4, 0.5) is 5.69 Å². The second-order valence-corrected chi connectivity index (χ2v) is 8.39. The van der Waals surface area contributed by atoms with Crippen molar-refractivity contribution < 1.29 is 9.59 Å². The molecule has 0 unspecified atom stereocenters. The number of anilines is 1. The number of rotatable bonds is 8. The SMILES string of the molecule is Br.Cc1cccc(N2CCN(CCCCCCN3C(=O)c4ccccc4C3=O)CC2)c1. The zero-order chi connectivity index (χ0) is 20.9. The van der Waals surface area contributed by atoms with Gasteiger partial charge in [-0.1, -0.05) is 37.1 Å². The maximum atomic E-state index is 12.4. The van der Waals surface area contributed by atoms with Gasteiger partial charge in [0.05, 0.1) is 11.1 Å². The van der Waals surface area contributed by atoms with E-state index in [0.29, 0.717) is 17.7 Å². The Bertz CT molecular complexity index is 874. The van der Waals surface area contributed by atoms with Crippen molar-refractivity contribution >= 4 is 34.5 Å². The van der Waals surface area contributed by atoms with Crippen LogP contribution in [-0.2, 0) is 0 Å². The Morgan fingerprint density at radius 3 is 1.97 bits per heavy atom. The highest BCUT2D eigenvalue weighted by atomic mass is 79.9. The van der Waals surface area contributed by atoms with Gasteiger partial charge in [0.25, 0.3) is 11.8 Å². The largest absolute Gasteiger partial charge is 0.369 e. The first kappa shape index (κ1) is 23.5. The molecule has 0 atom stereocenters. The van der Waals surface area contributed by atoms with Gasteiger partial charge in [-0.15, -0.1) is 17.0 Å². The molecule has 2 aromatic carbocycles. The number of hydrogen-bond donors (Lipinski definition) is 0. The highest BCUT2D eigenvalue weighted by Gasteiger charge is 2.34. The van der Waals surface area contributed by atoms with Crippen LogP contribution in [0.5, 0.6) is 0 Å². The second kappa shape index (κ2) is 10.9. The fourth-order valence-corrected chi connectivity index (χ4v) is 4.46. The number of amides is 2. The molecule has 0 N–H and O–H groups in total. The Morgan fingerprint density at radius 2 is 1.35 bits per heavy atom. The topological polar surface area (TPSA) is 43.9 Å². The minimum absolute atomic E-state index is 0. The van der Waals surface area contributed by atoms with Crippen LogP contribution in [0.1, 0.15) is 52.0 Å². The van der Waals surface area contributed by atoms with E-state index in [4.69, 9.17) is 0 Å². The lowest BCUT2D eigenvalue weighted by Gasteiger charge is -2.36. The van der Waals surface area contributed by atoms with Crippen molar-refractivity contribution in [1.82, 2.24) is 9.80 Å². The summed E-state index contributed by atoms with van der Waals surface area (Å²) in [6, 6.07) is 15.9. The smallest absolute Gasteiger partial charge is 0.261 e. The predicted molar refractivity (Wildman–Crippen MR) is 130 cm³/mol. The normalized spacial score (nSPS) is 16.4. The lowest BCUT2D eigenvalue weighted by Crippen LogP contribution is -2.46. The highest BCUT2D eigenvalue weighted by Crippen LogP contribution is 2.23. The number of fused-ring (bicyclic) bond motifs is 1. The van der Waals surface area contributed by atoms with Crippen LogP contribution in [0.2, 0.25) is 0 Å². The van der Waals surface area contributed by atoms with Crippen molar-refractivity contribution in [3.63, 3.8) is 0 Å². The third-order valence-corrected chi connectivity index (χ3v) is 6.22. The van der Waals surface area contributed by atoms with E-state index in [0.717, 1.165) is 52.0 Å². The number of carbonyl (C=O) groups excluding carboxylic acids is 2. The van der Waals surface area contributed by atoms with E-state index in [9.17, 15) is 9.59 Å². The third kappa shape index (κ3) is 5.55. The van der Waals surface area contributed by atoms with Crippen LogP contribution in [0.25, 0.3) is 0 Å². The number of unbranched alkanes of at least 4 members (excludes halogenated alkanes) is 3. The average Bonchev–Trinajstić information content (AvgIpc) is 3.01. The van der Waals surface area contributed by atoms with E-state index in [1.807, 2.05) is 12.1 Å². The van der Waals surface area contributed by atoms with Gasteiger partial charge in [0.1, 0.15) is 0 Å². The zero-order valence-corrected chi connectivity index (χ0v) is 20.0. The molecule has 0 saturated carbocycles. The number of benzene rings is 2. The van der Waals surface area contributed by atoms with Crippen LogP contribution >= 0.6 is 17.0 Å². The van der Waals surface area contributed by atoms with Crippen LogP contribution in [0.15, 0.2) is 48.5 Å². The number of carbonyl (C=O) groups is 2. The van der Waals surface area contributed by atoms with Crippen molar-refractivity contribution in [1.29, 1.82) is 0 Å². The molecule has 2 aliphatic heterocycles. The van der Waals surface area contributed by atoms with Crippen molar-refractivity contribution in [2.45, 2.75) is 32.6 Å². The summed E-state index contributed by atoms with van der Waals surface area (Å²) in [4.78, 5) is 31.2. The minimum atomic E-state index is -0.137. The molecular formula is C25H32BrN3O2. The Morgan fingerprint density at radius 1 is 0.742 bits per heavy atom. The van der Waals surface area contributed by atoms with Crippen molar-refractivity contribution in [3.8, 4) is 0 Å². The molecular weight excluding hydrogens is 454 g/mol. The summed E-state index contributed by atoms with van der Waals surface area (Å²) in [7, 11) is 0. The van der Waals surface area contributed by atoms with E-state index in [1.165, 1.54) is 22.6 Å². The maximum Gasteiger partial charge on any atom is 0.261 e. The summed E-state index contributed by atoms with van der Waals surface area (Å²) < 4.78 is 0. The zero-order valence-electron chi connectivity index (χ0n) is 18.3. The van der Waals surface area contributed by atoms with Crippen molar-refractivity contribution in [2.24, 2.45) is 0 Å². The lowest BCUT2D eigenvalue weighted by atomic mass is 10.1. The summed E-state index contributed by atoms with van der Waals surface area (Å²) in [5, 5.41) is 0. The number of aryl methyl sites for hydroxylation is 1. The first-order chi connectivity index (χ1) is 14.6. The Labute approximate surface area is 195 Å². The maximum absolute atomic E-state index is 12.4. The molecule has 2 aromatic rings. The predicted octanol–water partition coefficient (Wildman–Crippen LogP) is 4.55. The summed E-state index contributed by atoms with van der Waals surface area (Å²) in [6.07, 6.45) is 4.25. The first-order valence-corrected chi connectivity index (χ1v) is 11.1. The van der Waals surface area contributed by atoms with Crippen LogP contribution in [0.3, 0.4) is 0 Å². The molecule has 0 spiro atoms. The fourth-order valence-electron chi connectivity index (χ4n) is 4.46. The molecule has 5 nitrogen and oxygen atoms in total. The molecule has 0 aromatic heterocycles. The van der Waals surface area contributed by atoms with Gasteiger partial charge in [-0.25, -0.2) is 0 Å². The first-order valence-electron chi connectivity index (χ1n) is 11.1.